The van der Waals surface area contributed by atoms with E-state index in [0.717, 1.165) is 12.0 Å². The van der Waals surface area contributed by atoms with Crippen molar-refractivity contribution in [2.24, 2.45) is 5.92 Å². The lowest BCUT2D eigenvalue weighted by Gasteiger charge is -2.40. The highest BCUT2D eigenvalue weighted by Crippen LogP contribution is 2.40. The van der Waals surface area contributed by atoms with E-state index in [1.807, 2.05) is 30.3 Å². The molecular formula is C13H18OSi. The van der Waals surface area contributed by atoms with Crippen molar-refractivity contribution in [3.05, 3.63) is 35.9 Å². The molecule has 1 fully saturated rings. The van der Waals surface area contributed by atoms with E-state index in [1.165, 1.54) is 12.1 Å². The van der Waals surface area contributed by atoms with Crippen molar-refractivity contribution in [2.45, 2.75) is 31.6 Å². The molecule has 1 aliphatic heterocycles. The fourth-order valence-corrected chi connectivity index (χ4v) is 5.95. The molecule has 0 atom stereocenters. The number of rotatable bonds is 3. The van der Waals surface area contributed by atoms with Crippen molar-refractivity contribution in [3.8, 4) is 0 Å². The lowest BCUT2D eigenvalue weighted by atomic mass is 10.0. The molecule has 0 radical (unpaired) electrons. The van der Waals surface area contributed by atoms with Crippen LogP contribution in [0.1, 0.15) is 16.8 Å². The maximum absolute atomic E-state index is 11.9. The van der Waals surface area contributed by atoms with Crippen LogP contribution in [0.5, 0.6) is 0 Å². The highest BCUT2D eigenvalue weighted by Gasteiger charge is 2.38. The summed E-state index contributed by atoms with van der Waals surface area (Å²) >= 11 is 0. The molecule has 0 aromatic heterocycles. The predicted molar refractivity (Wildman–Crippen MR) is 66.0 cm³/mol. The van der Waals surface area contributed by atoms with E-state index in [0.29, 0.717) is 11.7 Å². The average molecular weight is 218 g/mol. The van der Waals surface area contributed by atoms with Gasteiger partial charge >= 0.3 is 0 Å². The van der Waals surface area contributed by atoms with Crippen molar-refractivity contribution in [2.75, 3.05) is 0 Å². The van der Waals surface area contributed by atoms with Crippen LogP contribution in [0.4, 0.5) is 0 Å². The number of carbonyl (C=O) groups excluding carboxylic acids is 1. The molecule has 0 N–H and O–H groups in total. The summed E-state index contributed by atoms with van der Waals surface area (Å²) in [5.74, 6) is 1.00. The minimum atomic E-state index is -0.834. The largest absolute Gasteiger partial charge is 0.294 e. The monoisotopic (exact) mass is 218 g/mol. The van der Waals surface area contributed by atoms with Crippen LogP contribution in [0.25, 0.3) is 0 Å². The van der Waals surface area contributed by atoms with Gasteiger partial charge in [0.1, 0.15) is 0 Å². The van der Waals surface area contributed by atoms with Gasteiger partial charge in [0.15, 0.2) is 5.78 Å². The number of carbonyl (C=O) groups is 1. The summed E-state index contributed by atoms with van der Waals surface area (Å²) in [5, 5.41) is 0. The molecule has 0 unspecified atom stereocenters. The normalized spacial score (nSPS) is 19.6. The molecule has 0 spiro atoms. The van der Waals surface area contributed by atoms with Crippen LogP contribution < -0.4 is 0 Å². The van der Waals surface area contributed by atoms with Gasteiger partial charge in [-0.05, 0) is 5.92 Å². The van der Waals surface area contributed by atoms with Crippen molar-refractivity contribution in [3.63, 3.8) is 0 Å². The Kier molecular flexibility index (Phi) is 2.78. The highest BCUT2D eigenvalue weighted by molar-refractivity contribution is 6.80. The summed E-state index contributed by atoms with van der Waals surface area (Å²) < 4.78 is 0. The van der Waals surface area contributed by atoms with Crippen LogP contribution in [-0.2, 0) is 0 Å². The van der Waals surface area contributed by atoms with Gasteiger partial charge in [-0.15, -0.1) is 0 Å². The molecule has 0 saturated carbocycles. The third-order valence-electron chi connectivity index (χ3n) is 3.25. The molecule has 1 saturated heterocycles. The maximum Gasteiger partial charge on any atom is 0.163 e. The van der Waals surface area contributed by atoms with Crippen LogP contribution in [0.3, 0.4) is 0 Å². The van der Waals surface area contributed by atoms with Crippen LogP contribution in [-0.4, -0.2) is 13.9 Å². The lowest BCUT2D eigenvalue weighted by molar-refractivity contribution is 0.0964. The number of hydrogen-bond acceptors (Lipinski definition) is 1. The van der Waals surface area contributed by atoms with Crippen molar-refractivity contribution < 1.29 is 4.79 Å². The lowest BCUT2D eigenvalue weighted by Crippen LogP contribution is -2.42. The van der Waals surface area contributed by atoms with E-state index in [4.69, 9.17) is 0 Å². The first kappa shape index (κ1) is 10.6. The quantitative estimate of drug-likeness (QED) is 0.559. The average Bonchev–Trinajstić information content (AvgIpc) is 2.16. The van der Waals surface area contributed by atoms with Crippen molar-refractivity contribution in [1.82, 2.24) is 0 Å². The van der Waals surface area contributed by atoms with Crippen LogP contribution in [0.15, 0.2) is 30.3 Å². The Morgan fingerprint density at radius 1 is 1.27 bits per heavy atom. The Bertz CT molecular complexity index is 348. The van der Waals surface area contributed by atoms with E-state index < -0.39 is 8.07 Å². The summed E-state index contributed by atoms with van der Waals surface area (Å²) in [6, 6.07) is 12.3. The Balaban J connectivity index is 1.89. The van der Waals surface area contributed by atoms with Gasteiger partial charge in [-0.25, -0.2) is 0 Å². The molecule has 0 amide bonds. The van der Waals surface area contributed by atoms with Gasteiger partial charge in [-0.2, -0.15) is 0 Å². The first-order valence-corrected chi connectivity index (χ1v) is 9.06. The molecule has 1 heterocycles. The zero-order valence-electron chi connectivity index (χ0n) is 9.49. The molecule has 1 aromatic rings. The molecule has 1 aliphatic rings. The van der Waals surface area contributed by atoms with Crippen LogP contribution >= 0.6 is 0 Å². The molecular weight excluding hydrogens is 200 g/mol. The van der Waals surface area contributed by atoms with Gasteiger partial charge in [0.25, 0.3) is 0 Å². The second-order valence-corrected chi connectivity index (χ2v) is 10.6. The molecule has 2 rings (SSSR count). The number of benzene rings is 1. The molecule has 0 bridgehead atoms. The first-order valence-electron chi connectivity index (χ1n) is 5.65. The van der Waals surface area contributed by atoms with Gasteiger partial charge in [-0.3, -0.25) is 4.79 Å². The number of ketones is 1. The Labute approximate surface area is 92.5 Å². The summed E-state index contributed by atoms with van der Waals surface area (Å²) in [7, 11) is -0.834. The Hall–Kier alpha value is -0.893. The van der Waals surface area contributed by atoms with Gasteiger partial charge < -0.3 is 0 Å². The summed E-state index contributed by atoms with van der Waals surface area (Å²) in [6.45, 7) is 4.83. The summed E-state index contributed by atoms with van der Waals surface area (Å²) in [6.07, 6.45) is 0.764. The third kappa shape index (κ3) is 2.57. The topological polar surface area (TPSA) is 17.1 Å². The van der Waals surface area contributed by atoms with Crippen molar-refractivity contribution in [1.29, 1.82) is 0 Å². The highest BCUT2D eigenvalue weighted by atomic mass is 28.3. The maximum atomic E-state index is 11.9. The van der Waals surface area contributed by atoms with Crippen molar-refractivity contribution >= 4 is 13.9 Å². The third-order valence-corrected chi connectivity index (χ3v) is 6.62. The standard InChI is InChI=1S/C13H18OSi/c1-15(2)9-11(10-15)8-13(14)12-6-4-3-5-7-12/h3-7,11H,8-10H2,1-2H3. The number of hydrogen-bond donors (Lipinski definition) is 0. The smallest absolute Gasteiger partial charge is 0.163 e. The van der Waals surface area contributed by atoms with E-state index in [2.05, 4.69) is 13.1 Å². The van der Waals surface area contributed by atoms with Gasteiger partial charge in [0.05, 0.1) is 0 Å². The Morgan fingerprint density at radius 2 is 1.87 bits per heavy atom. The minimum absolute atomic E-state index is 0.324. The van der Waals surface area contributed by atoms with E-state index in [9.17, 15) is 4.79 Å². The van der Waals surface area contributed by atoms with Crippen LogP contribution in [0.2, 0.25) is 25.2 Å². The van der Waals surface area contributed by atoms with Gasteiger partial charge in [0.2, 0.25) is 0 Å². The van der Waals surface area contributed by atoms with E-state index >= 15 is 0 Å². The summed E-state index contributed by atoms with van der Waals surface area (Å²) in [5.41, 5.74) is 0.879. The molecule has 1 nitrogen and oxygen atoms in total. The fraction of sp³-hybridized carbons (Fsp3) is 0.462. The minimum Gasteiger partial charge on any atom is -0.294 e. The van der Waals surface area contributed by atoms with Gasteiger partial charge in [-0.1, -0.05) is 55.5 Å². The first-order chi connectivity index (χ1) is 7.07. The fourth-order valence-electron chi connectivity index (χ4n) is 2.65. The zero-order valence-corrected chi connectivity index (χ0v) is 10.5. The number of Topliss-reactive ketones (excluding diaryl/α,β-unsaturated/α-hetero) is 1. The molecule has 80 valence electrons. The molecule has 2 heteroatoms. The molecule has 0 aliphatic carbocycles. The second kappa shape index (κ2) is 3.93. The van der Waals surface area contributed by atoms with E-state index in [-0.39, 0.29) is 0 Å². The Morgan fingerprint density at radius 3 is 2.40 bits per heavy atom. The second-order valence-electron chi connectivity index (χ2n) is 5.43. The molecule has 1 aromatic carbocycles. The molecule has 15 heavy (non-hydrogen) atoms. The SMILES string of the molecule is C[Si]1(C)CC(CC(=O)c2ccccc2)C1. The van der Waals surface area contributed by atoms with E-state index in [1.54, 1.807) is 0 Å². The predicted octanol–water partition coefficient (Wildman–Crippen LogP) is 3.60. The van der Waals surface area contributed by atoms with Crippen LogP contribution in [0, 0.1) is 5.92 Å². The van der Waals surface area contributed by atoms with Gasteiger partial charge in [0, 0.05) is 20.1 Å². The zero-order chi connectivity index (χ0) is 10.9. The summed E-state index contributed by atoms with van der Waals surface area (Å²) in [4.78, 5) is 11.9.